The lowest BCUT2D eigenvalue weighted by Gasteiger charge is -2.01. The maximum absolute atomic E-state index is 12.2. The third-order valence-electron chi connectivity index (χ3n) is 2.28. The second-order valence-electron chi connectivity index (χ2n) is 3.24. The molecule has 0 saturated heterocycles. The van der Waals surface area contributed by atoms with Crippen LogP contribution in [0.15, 0.2) is 39.2 Å². The highest BCUT2D eigenvalue weighted by Gasteiger charge is 2.29. The molecule has 0 saturated carbocycles. The third kappa shape index (κ3) is 1.12. The highest BCUT2D eigenvalue weighted by atomic mass is 32.2. The summed E-state index contributed by atoms with van der Waals surface area (Å²) in [6.45, 7) is 0. The van der Waals surface area contributed by atoms with Crippen LogP contribution in [0.5, 0.6) is 0 Å². The lowest BCUT2D eigenvalue weighted by atomic mass is 10.3. The van der Waals surface area contributed by atoms with Gasteiger partial charge in [-0.15, -0.1) is 5.10 Å². The minimum absolute atomic E-state index is 0.0822. The van der Waals surface area contributed by atoms with E-state index in [9.17, 15) is 8.42 Å². The fourth-order valence-electron chi connectivity index (χ4n) is 1.54. The van der Waals surface area contributed by atoms with E-state index in [1.165, 1.54) is 12.3 Å². The molecule has 0 atom stereocenters. The zero-order valence-corrected chi connectivity index (χ0v) is 8.77. The van der Waals surface area contributed by atoms with E-state index < -0.39 is 9.84 Å². The lowest BCUT2D eigenvalue weighted by Crippen LogP contribution is -2.03. The molecule has 1 N–H and O–H groups in total. The highest BCUT2D eigenvalue weighted by molar-refractivity contribution is 7.91. The van der Waals surface area contributed by atoms with Crippen molar-refractivity contribution in [2.75, 3.05) is 0 Å². The molecule has 6 nitrogen and oxygen atoms in total. The van der Waals surface area contributed by atoms with Gasteiger partial charge >= 0.3 is 0 Å². The van der Waals surface area contributed by atoms with Crippen LogP contribution < -0.4 is 0 Å². The van der Waals surface area contributed by atoms with E-state index in [2.05, 4.69) is 20.4 Å². The second-order valence-corrected chi connectivity index (χ2v) is 5.08. The van der Waals surface area contributed by atoms with Gasteiger partial charge in [-0.25, -0.2) is 8.42 Å². The van der Waals surface area contributed by atoms with Gasteiger partial charge in [0.15, 0.2) is 0 Å². The van der Waals surface area contributed by atoms with Crippen LogP contribution in [0.25, 0.3) is 0 Å². The average molecular weight is 234 g/mol. The Kier molecular flexibility index (Phi) is 1.72. The molecule has 1 aliphatic heterocycles. The van der Waals surface area contributed by atoms with Gasteiger partial charge in [0.05, 0.1) is 16.8 Å². The molecule has 0 aliphatic carbocycles. The minimum atomic E-state index is -3.62. The average Bonchev–Trinajstić information content (AvgIpc) is 2.72. The third-order valence-corrected chi connectivity index (χ3v) is 4.01. The maximum Gasteiger partial charge on any atom is 0.230 e. The summed E-state index contributed by atoms with van der Waals surface area (Å²) in [6.07, 6.45) is 1.39. The van der Waals surface area contributed by atoms with E-state index in [0.29, 0.717) is 5.69 Å². The molecule has 1 aliphatic rings. The van der Waals surface area contributed by atoms with E-state index in [4.69, 9.17) is 0 Å². The number of rotatable bonds is 0. The van der Waals surface area contributed by atoms with Gasteiger partial charge in [-0.1, -0.05) is 12.1 Å². The molecule has 80 valence electrons. The van der Waals surface area contributed by atoms with Gasteiger partial charge in [0.25, 0.3) is 0 Å². The number of hydrogen-bond acceptors (Lipinski definition) is 5. The molecule has 0 bridgehead atoms. The van der Waals surface area contributed by atoms with Gasteiger partial charge in [-0.2, -0.15) is 10.3 Å². The number of H-pyrrole nitrogens is 1. The van der Waals surface area contributed by atoms with Gasteiger partial charge in [0.1, 0.15) is 5.69 Å². The van der Waals surface area contributed by atoms with Crippen molar-refractivity contribution < 1.29 is 8.42 Å². The molecule has 1 aromatic carbocycles. The van der Waals surface area contributed by atoms with Crippen LogP contribution in [0.2, 0.25) is 0 Å². The largest absolute Gasteiger partial charge is 0.253 e. The van der Waals surface area contributed by atoms with Crippen molar-refractivity contribution in [1.29, 1.82) is 0 Å². The Balaban J connectivity index is 2.44. The van der Waals surface area contributed by atoms with Crippen molar-refractivity contribution >= 4 is 21.7 Å². The summed E-state index contributed by atoms with van der Waals surface area (Å²) in [5.41, 5.74) is 0.638. The van der Waals surface area contributed by atoms with Crippen molar-refractivity contribution in [3.8, 4) is 0 Å². The Morgan fingerprint density at radius 3 is 2.81 bits per heavy atom. The zero-order valence-electron chi connectivity index (χ0n) is 7.95. The number of nitrogens with one attached hydrogen (secondary N) is 1. The first-order valence-corrected chi connectivity index (χ1v) is 5.97. The monoisotopic (exact) mass is 234 g/mol. The summed E-state index contributed by atoms with van der Waals surface area (Å²) in [5.74, 6) is 0. The van der Waals surface area contributed by atoms with E-state index in [1.807, 2.05) is 0 Å². The first-order valence-electron chi connectivity index (χ1n) is 4.48. The molecular weight excluding hydrogens is 228 g/mol. The molecule has 7 heteroatoms. The molecule has 0 amide bonds. The first kappa shape index (κ1) is 9.22. The predicted molar refractivity (Wildman–Crippen MR) is 55.5 cm³/mol. The Hall–Kier alpha value is -2.02. The van der Waals surface area contributed by atoms with E-state index in [-0.39, 0.29) is 15.6 Å². The van der Waals surface area contributed by atoms with E-state index in [1.54, 1.807) is 18.2 Å². The van der Waals surface area contributed by atoms with E-state index in [0.717, 1.165) is 0 Å². The lowest BCUT2D eigenvalue weighted by molar-refractivity contribution is 0.592. The van der Waals surface area contributed by atoms with Crippen LogP contribution in [-0.4, -0.2) is 30.0 Å². The van der Waals surface area contributed by atoms with Crippen molar-refractivity contribution in [3.05, 3.63) is 30.0 Å². The number of aliphatic imine (C=N–C) groups is 1. The predicted octanol–water partition coefficient (Wildman–Crippen LogP) is 0.702. The summed E-state index contributed by atoms with van der Waals surface area (Å²) < 4.78 is 24.3. The van der Waals surface area contributed by atoms with Gasteiger partial charge in [0.2, 0.25) is 14.9 Å². The SMILES string of the molecule is O=S1(=O)c2ccccc2N=Cc2n[nH]nc21. The summed E-state index contributed by atoms with van der Waals surface area (Å²) in [4.78, 5) is 4.22. The molecule has 0 fully saturated rings. The minimum Gasteiger partial charge on any atom is -0.253 e. The fourth-order valence-corrected chi connectivity index (χ4v) is 2.93. The molecular formula is C9H6N4O2S. The molecule has 3 rings (SSSR count). The molecule has 2 aromatic rings. The quantitative estimate of drug-likeness (QED) is 0.620. The normalized spacial score (nSPS) is 16.2. The van der Waals surface area contributed by atoms with Crippen LogP contribution in [0, 0.1) is 0 Å². The highest BCUT2D eigenvalue weighted by Crippen LogP contribution is 2.31. The number of aromatic amines is 1. The maximum atomic E-state index is 12.2. The van der Waals surface area contributed by atoms with E-state index >= 15 is 0 Å². The van der Waals surface area contributed by atoms with Crippen LogP contribution in [-0.2, 0) is 9.84 Å². The number of para-hydroxylation sites is 1. The first-order chi connectivity index (χ1) is 7.69. The fraction of sp³-hybridized carbons (Fsp3) is 0. The Morgan fingerprint density at radius 1 is 1.12 bits per heavy atom. The molecule has 0 spiro atoms. The number of hydrogen-bond donors (Lipinski definition) is 1. The van der Waals surface area contributed by atoms with Crippen LogP contribution >= 0.6 is 0 Å². The van der Waals surface area contributed by atoms with Gasteiger partial charge < -0.3 is 0 Å². The summed E-state index contributed by atoms with van der Waals surface area (Å²) in [5, 5.41) is 9.59. The van der Waals surface area contributed by atoms with Crippen molar-refractivity contribution in [1.82, 2.24) is 15.4 Å². The van der Waals surface area contributed by atoms with Gasteiger partial charge in [0, 0.05) is 0 Å². The van der Waals surface area contributed by atoms with Gasteiger partial charge in [-0.05, 0) is 12.1 Å². The topological polar surface area (TPSA) is 88.1 Å². The number of benzene rings is 1. The molecule has 0 radical (unpaired) electrons. The van der Waals surface area contributed by atoms with Gasteiger partial charge in [-0.3, -0.25) is 4.99 Å². The number of sulfone groups is 1. The standard InChI is InChI=1S/C9H6N4O2S/c14-16(15)8-4-2-1-3-6(8)10-5-7-9(16)12-13-11-7/h1-5H,(H,11,12,13). The number of aromatic nitrogens is 3. The van der Waals surface area contributed by atoms with Crippen LogP contribution in [0.4, 0.5) is 5.69 Å². The molecule has 0 unspecified atom stereocenters. The molecule has 2 heterocycles. The Morgan fingerprint density at radius 2 is 1.94 bits per heavy atom. The van der Waals surface area contributed by atoms with Crippen molar-refractivity contribution in [2.45, 2.75) is 9.92 Å². The second kappa shape index (κ2) is 2.99. The Bertz CT molecular complexity index is 687. The molecule has 16 heavy (non-hydrogen) atoms. The smallest absolute Gasteiger partial charge is 0.230 e. The summed E-state index contributed by atoms with van der Waals surface area (Å²) in [6, 6.07) is 6.52. The zero-order chi connectivity index (χ0) is 11.2. The number of fused-ring (bicyclic) bond motifs is 2. The van der Waals surface area contributed by atoms with Crippen LogP contribution in [0.3, 0.4) is 0 Å². The van der Waals surface area contributed by atoms with Crippen LogP contribution in [0.1, 0.15) is 5.69 Å². The van der Waals surface area contributed by atoms with Crippen molar-refractivity contribution in [2.24, 2.45) is 4.99 Å². The Labute approximate surface area is 91.0 Å². The molecule has 1 aromatic heterocycles. The van der Waals surface area contributed by atoms with Crippen molar-refractivity contribution in [3.63, 3.8) is 0 Å². The number of nitrogens with zero attached hydrogens (tertiary/aromatic N) is 3. The summed E-state index contributed by atoms with van der Waals surface area (Å²) >= 11 is 0. The summed E-state index contributed by atoms with van der Waals surface area (Å²) in [7, 11) is -3.62.